The molecule has 0 aliphatic carbocycles. The number of fused-ring (bicyclic) bond motifs is 1. The third-order valence-corrected chi connectivity index (χ3v) is 4.26. The Morgan fingerprint density at radius 1 is 1.08 bits per heavy atom. The first-order valence-electron chi connectivity index (χ1n) is 8.58. The molecule has 0 radical (unpaired) electrons. The Balaban J connectivity index is 1.52. The van der Waals surface area contributed by atoms with Gasteiger partial charge < -0.3 is 14.8 Å². The Kier molecular flexibility index (Phi) is 5.86. The Morgan fingerprint density at radius 3 is 2.69 bits per heavy atom. The summed E-state index contributed by atoms with van der Waals surface area (Å²) in [5, 5.41) is 4.05. The van der Waals surface area contributed by atoms with Crippen molar-refractivity contribution in [1.82, 2.24) is 14.9 Å². The molecule has 3 rings (SSSR count). The minimum atomic E-state index is 0.00971. The van der Waals surface area contributed by atoms with Gasteiger partial charge in [0.05, 0.1) is 31.4 Å². The minimum Gasteiger partial charge on any atom is -0.493 e. The maximum absolute atomic E-state index is 12.4. The second-order valence-electron chi connectivity index (χ2n) is 5.98. The van der Waals surface area contributed by atoms with Gasteiger partial charge in [0.15, 0.2) is 11.5 Å². The van der Waals surface area contributed by atoms with Crippen LogP contribution in [0.1, 0.15) is 12.0 Å². The fraction of sp³-hybridized carbons (Fsp3) is 0.300. The predicted molar refractivity (Wildman–Crippen MR) is 102 cm³/mol. The monoisotopic (exact) mass is 353 g/mol. The number of benzene rings is 2. The molecular formula is C20H23N3O3. The largest absolute Gasteiger partial charge is 0.493 e. The minimum absolute atomic E-state index is 0.00971. The molecule has 2 aromatic carbocycles. The van der Waals surface area contributed by atoms with Gasteiger partial charge in [-0.05, 0) is 42.8 Å². The average Bonchev–Trinajstić information content (AvgIpc) is 2.69. The van der Waals surface area contributed by atoms with Gasteiger partial charge in [0.1, 0.15) is 0 Å². The van der Waals surface area contributed by atoms with Crippen molar-refractivity contribution >= 4 is 10.9 Å². The number of hydrogen-bond donors (Lipinski definition) is 1. The summed E-state index contributed by atoms with van der Waals surface area (Å²) in [6.07, 6.45) is 2.46. The van der Waals surface area contributed by atoms with E-state index in [1.807, 2.05) is 42.5 Å². The molecule has 0 unspecified atom stereocenters. The summed E-state index contributed by atoms with van der Waals surface area (Å²) in [7, 11) is 3.25. The molecule has 0 saturated carbocycles. The molecular weight excluding hydrogens is 330 g/mol. The second-order valence-corrected chi connectivity index (χ2v) is 5.98. The highest BCUT2D eigenvalue weighted by Gasteiger charge is 2.05. The van der Waals surface area contributed by atoms with Crippen LogP contribution in [0, 0.1) is 0 Å². The molecule has 1 N–H and O–H groups in total. The molecule has 0 bridgehead atoms. The van der Waals surface area contributed by atoms with Gasteiger partial charge in [0.2, 0.25) is 0 Å². The Morgan fingerprint density at radius 2 is 1.88 bits per heavy atom. The summed E-state index contributed by atoms with van der Waals surface area (Å²) in [6, 6.07) is 13.3. The van der Waals surface area contributed by atoms with Crippen LogP contribution >= 0.6 is 0 Å². The van der Waals surface area contributed by atoms with E-state index in [-0.39, 0.29) is 5.56 Å². The van der Waals surface area contributed by atoms with E-state index in [1.54, 1.807) is 25.1 Å². The standard InChI is InChI=1S/C20H23N3O3/c1-25-18-9-8-15(12-19(18)26-2)13-21-10-5-11-23-14-22-17-7-4-3-6-16(17)20(23)24/h3-4,6-9,12,14,21H,5,10-11,13H2,1-2H3. The van der Waals surface area contributed by atoms with Gasteiger partial charge in [-0.15, -0.1) is 0 Å². The highest BCUT2D eigenvalue weighted by atomic mass is 16.5. The van der Waals surface area contributed by atoms with E-state index >= 15 is 0 Å². The molecule has 136 valence electrons. The molecule has 1 aromatic heterocycles. The summed E-state index contributed by atoms with van der Waals surface area (Å²) < 4.78 is 12.2. The molecule has 3 aromatic rings. The van der Waals surface area contributed by atoms with E-state index < -0.39 is 0 Å². The smallest absolute Gasteiger partial charge is 0.261 e. The van der Waals surface area contributed by atoms with Gasteiger partial charge in [-0.1, -0.05) is 18.2 Å². The number of aryl methyl sites for hydroxylation is 1. The Bertz CT molecular complexity index is 937. The van der Waals surface area contributed by atoms with Crippen molar-refractivity contribution in [1.29, 1.82) is 0 Å². The van der Waals surface area contributed by atoms with Crippen LogP contribution in [0.15, 0.2) is 53.6 Å². The zero-order valence-electron chi connectivity index (χ0n) is 15.1. The molecule has 0 atom stereocenters. The lowest BCUT2D eigenvalue weighted by molar-refractivity contribution is 0.354. The molecule has 0 fully saturated rings. The summed E-state index contributed by atoms with van der Waals surface area (Å²) >= 11 is 0. The third kappa shape index (κ3) is 4.03. The topological polar surface area (TPSA) is 65.4 Å². The van der Waals surface area contributed by atoms with Crippen LogP contribution < -0.4 is 20.3 Å². The van der Waals surface area contributed by atoms with Crippen LogP contribution in [0.4, 0.5) is 0 Å². The molecule has 26 heavy (non-hydrogen) atoms. The Labute approximate surface area is 152 Å². The molecule has 0 spiro atoms. The van der Waals surface area contributed by atoms with Gasteiger partial charge in [-0.2, -0.15) is 0 Å². The lowest BCUT2D eigenvalue weighted by Gasteiger charge is -2.11. The number of rotatable bonds is 8. The zero-order valence-corrected chi connectivity index (χ0v) is 15.1. The summed E-state index contributed by atoms with van der Waals surface area (Å²) in [5.41, 5.74) is 1.86. The van der Waals surface area contributed by atoms with Crippen molar-refractivity contribution in [3.05, 3.63) is 64.7 Å². The van der Waals surface area contributed by atoms with Gasteiger partial charge in [-0.25, -0.2) is 4.98 Å². The normalized spacial score (nSPS) is 10.8. The fourth-order valence-electron chi connectivity index (χ4n) is 2.86. The highest BCUT2D eigenvalue weighted by Crippen LogP contribution is 2.27. The molecule has 1 heterocycles. The average molecular weight is 353 g/mol. The zero-order chi connectivity index (χ0) is 18.4. The molecule has 6 nitrogen and oxygen atoms in total. The summed E-state index contributed by atoms with van der Waals surface area (Å²) in [5.74, 6) is 1.44. The van der Waals surface area contributed by atoms with E-state index in [4.69, 9.17) is 9.47 Å². The molecule has 0 amide bonds. The quantitative estimate of drug-likeness (QED) is 0.631. The highest BCUT2D eigenvalue weighted by molar-refractivity contribution is 5.76. The van der Waals surface area contributed by atoms with Crippen LogP contribution in [0.3, 0.4) is 0 Å². The molecule has 0 aliphatic rings. The van der Waals surface area contributed by atoms with Crippen LogP contribution in [0.2, 0.25) is 0 Å². The molecule has 0 aliphatic heterocycles. The maximum Gasteiger partial charge on any atom is 0.261 e. The number of aromatic nitrogens is 2. The maximum atomic E-state index is 12.4. The van der Waals surface area contributed by atoms with E-state index in [9.17, 15) is 4.79 Å². The van der Waals surface area contributed by atoms with Crippen molar-refractivity contribution in [2.45, 2.75) is 19.5 Å². The van der Waals surface area contributed by atoms with Crippen LogP contribution in [0.25, 0.3) is 10.9 Å². The van der Waals surface area contributed by atoms with Gasteiger partial charge in [-0.3, -0.25) is 9.36 Å². The lowest BCUT2D eigenvalue weighted by Crippen LogP contribution is -2.23. The first kappa shape index (κ1) is 17.9. The Hall–Kier alpha value is -2.86. The van der Waals surface area contributed by atoms with E-state index in [1.165, 1.54) is 0 Å². The summed E-state index contributed by atoms with van der Waals surface area (Å²) in [6.45, 7) is 2.16. The van der Waals surface area contributed by atoms with Crippen molar-refractivity contribution in [3.8, 4) is 11.5 Å². The number of hydrogen-bond acceptors (Lipinski definition) is 5. The number of nitrogens with zero attached hydrogens (tertiary/aromatic N) is 2. The van der Waals surface area contributed by atoms with Gasteiger partial charge >= 0.3 is 0 Å². The van der Waals surface area contributed by atoms with Crippen LogP contribution in [-0.2, 0) is 13.1 Å². The van der Waals surface area contributed by atoms with E-state index in [0.29, 0.717) is 11.9 Å². The fourth-order valence-corrected chi connectivity index (χ4v) is 2.86. The number of nitrogens with one attached hydrogen (secondary N) is 1. The lowest BCUT2D eigenvalue weighted by atomic mass is 10.2. The van der Waals surface area contributed by atoms with Crippen molar-refractivity contribution < 1.29 is 9.47 Å². The number of ether oxygens (including phenoxy) is 2. The first-order valence-corrected chi connectivity index (χ1v) is 8.58. The van der Waals surface area contributed by atoms with Gasteiger partial charge in [0.25, 0.3) is 5.56 Å². The van der Waals surface area contributed by atoms with Crippen molar-refractivity contribution in [2.75, 3.05) is 20.8 Å². The van der Waals surface area contributed by atoms with Crippen LogP contribution in [-0.4, -0.2) is 30.3 Å². The van der Waals surface area contributed by atoms with E-state index in [2.05, 4.69) is 10.3 Å². The second kappa shape index (κ2) is 8.49. The predicted octanol–water partition coefficient (Wildman–Crippen LogP) is 2.59. The first-order chi connectivity index (χ1) is 12.7. The third-order valence-electron chi connectivity index (χ3n) is 4.26. The number of para-hydroxylation sites is 1. The van der Waals surface area contributed by atoms with Crippen molar-refractivity contribution in [3.63, 3.8) is 0 Å². The van der Waals surface area contributed by atoms with Crippen molar-refractivity contribution in [2.24, 2.45) is 0 Å². The van der Waals surface area contributed by atoms with Gasteiger partial charge in [0, 0.05) is 13.1 Å². The molecule has 0 saturated heterocycles. The van der Waals surface area contributed by atoms with Crippen LogP contribution in [0.5, 0.6) is 11.5 Å². The summed E-state index contributed by atoms with van der Waals surface area (Å²) in [4.78, 5) is 16.8. The van der Waals surface area contributed by atoms with E-state index in [0.717, 1.165) is 42.1 Å². The SMILES string of the molecule is COc1ccc(CNCCCn2cnc3ccccc3c2=O)cc1OC. The molecule has 6 heteroatoms. The number of methoxy groups -OCH3 is 2.